The van der Waals surface area contributed by atoms with Crippen LogP contribution >= 0.6 is 0 Å². The highest BCUT2D eigenvalue weighted by atomic mass is 16.3. The molecule has 2 nitrogen and oxygen atoms in total. The van der Waals surface area contributed by atoms with E-state index in [0.29, 0.717) is 47.0 Å². The van der Waals surface area contributed by atoms with Gasteiger partial charge >= 0.3 is 0 Å². The van der Waals surface area contributed by atoms with Gasteiger partial charge in [0.1, 0.15) is 0 Å². The fourth-order valence-corrected chi connectivity index (χ4v) is 6.33. The molecule has 3 saturated carbocycles. The van der Waals surface area contributed by atoms with Crippen molar-refractivity contribution in [1.82, 2.24) is 0 Å². The van der Waals surface area contributed by atoms with Gasteiger partial charge in [0.25, 0.3) is 0 Å². The number of allylic oxidation sites excluding steroid dienone is 5. The Morgan fingerprint density at radius 1 is 1.03 bits per heavy atom. The molecule has 0 aromatic carbocycles. The van der Waals surface area contributed by atoms with Crippen LogP contribution in [0, 0.1) is 34.5 Å². The summed E-state index contributed by atoms with van der Waals surface area (Å²) < 4.78 is 0. The molecule has 0 spiro atoms. The van der Waals surface area contributed by atoms with Crippen molar-refractivity contribution in [2.24, 2.45) is 34.5 Å². The van der Waals surface area contributed by atoms with Gasteiger partial charge in [-0.15, -0.1) is 0 Å². The van der Waals surface area contributed by atoms with E-state index in [9.17, 15) is 10.2 Å². The zero-order valence-corrected chi connectivity index (χ0v) is 20.8. The smallest absolute Gasteiger partial charge is 0.0809 e. The van der Waals surface area contributed by atoms with Crippen molar-refractivity contribution >= 4 is 0 Å². The van der Waals surface area contributed by atoms with E-state index in [4.69, 9.17) is 0 Å². The van der Waals surface area contributed by atoms with Crippen LogP contribution in [0.3, 0.4) is 0 Å². The molecule has 3 rings (SSSR count). The van der Waals surface area contributed by atoms with E-state index < -0.39 is 12.2 Å². The van der Waals surface area contributed by atoms with Gasteiger partial charge in [-0.05, 0) is 85.0 Å². The van der Waals surface area contributed by atoms with Crippen LogP contribution in [0.2, 0.25) is 0 Å². The SMILES string of the molecule is C=C1[C@H](O)CC(=C/C=C2\CCC[C@]3(C)[C@@H]([C@H](C)/C=C/[C@@H](C)C(C)(C)C)CC[C@@H]23)C[C@H]1O. The first-order valence-corrected chi connectivity index (χ1v) is 12.5. The number of aliphatic hydroxyl groups excluding tert-OH is 2. The zero-order chi connectivity index (χ0) is 23.0. The van der Waals surface area contributed by atoms with Crippen LogP contribution in [0.25, 0.3) is 0 Å². The monoisotopic (exact) mass is 426 g/mol. The maximum atomic E-state index is 10.2. The Bertz CT molecular complexity index is 733. The lowest BCUT2D eigenvalue weighted by Crippen LogP contribution is -2.35. The maximum Gasteiger partial charge on any atom is 0.0809 e. The lowest BCUT2D eigenvalue weighted by atomic mass is 9.61. The minimum absolute atomic E-state index is 0.319. The Hall–Kier alpha value is -1.12. The van der Waals surface area contributed by atoms with Gasteiger partial charge in [0.05, 0.1) is 12.2 Å². The molecule has 0 unspecified atom stereocenters. The molecule has 0 aliphatic heterocycles. The Morgan fingerprint density at radius 3 is 2.29 bits per heavy atom. The molecule has 0 radical (unpaired) electrons. The summed E-state index contributed by atoms with van der Waals surface area (Å²) in [5.74, 6) is 2.63. The molecule has 174 valence electrons. The molecular formula is C29H46O2. The van der Waals surface area contributed by atoms with Crippen LogP contribution in [-0.4, -0.2) is 22.4 Å². The summed E-state index contributed by atoms with van der Waals surface area (Å²) in [6, 6.07) is 0. The summed E-state index contributed by atoms with van der Waals surface area (Å²) in [5, 5.41) is 20.3. The van der Waals surface area contributed by atoms with Crippen LogP contribution in [-0.2, 0) is 0 Å². The molecule has 31 heavy (non-hydrogen) atoms. The van der Waals surface area contributed by atoms with Gasteiger partial charge < -0.3 is 10.2 Å². The largest absolute Gasteiger partial charge is 0.388 e. The third kappa shape index (κ3) is 5.28. The number of rotatable bonds is 4. The normalized spacial score (nSPS) is 37.9. The van der Waals surface area contributed by atoms with E-state index in [1.54, 1.807) is 5.57 Å². The van der Waals surface area contributed by atoms with Gasteiger partial charge in [0.2, 0.25) is 0 Å². The van der Waals surface area contributed by atoms with E-state index in [-0.39, 0.29) is 0 Å². The second-order valence-electron chi connectivity index (χ2n) is 12.1. The number of aliphatic hydroxyl groups is 2. The lowest BCUT2D eigenvalue weighted by Gasteiger charge is -2.44. The highest BCUT2D eigenvalue weighted by Gasteiger charge is 2.50. The van der Waals surface area contributed by atoms with E-state index in [1.165, 1.54) is 32.1 Å². The van der Waals surface area contributed by atoms with Crippen molar-refractivity contribution in [3.63, 3.8) is 0 Å². The molecule has 0 saturated heterocycles. The molecule has 3 fully saturated rings. The van der Waals surface area contributed by atoms with E-state index in [2.05, 4.69) is 72.4 Å². The number of hydrogen-bond acceptors (Lipinski definition) is 2. The Morgan fingerprint density at radius 2 is 1.68 bits per heavy atom. The summed E-state index contributed by atoms with van der Waals surface area (Å²) in [6.07, 6.45) is 15.9. The predicted molar refractivity (Wildman–Crippen MR) is 132 cm³/mol. The molecule has 0 aromatic heterocycles. The minimum Gasteiger partial charge on any atom is -0.388 e. The van der Waals surface area contributed by atoms with Crippen LogP contribution in [0.1, 0.15) is 86.5 Å². The van der Waals surface area contributed by atoms with Gasteiger partial charge in [0, 0.05) is 0 Å². The first-order chi connectivity index (χ1) is 14.4. The quantitative estimate of drug-likeness (QED) is 0.475. The number of hydrogen-bond donors (Lipinski definition) is 2. The van der Waals surface area contributed by atoms with Gasteiger partial charge in [-0.3, -0.25) is 0 Å². The lowest BCUT2D eigenvalue weighted by molar-refractivity contribution is 0.112. The second-order valence-corrected chi connectivity index (χ2v) is 12.1. The zero-order valence-electron chi connectivity index (χ0n) is 20.8. The molecule has 0 heterocycles. The Kier molecular flexibility index (Phi) is 7.43. The third-order valence-electron chi connectivity index (χ3n) is 9.04. The van der Waals surface area contributed by atoms with Crippen molar-refractivity contribution in [3.8, 4) is 0 Å². The fraction of sp³-hybridized carbons (Fsp3) is 0.724. The average Bonchev–Trinajstić information content (AvgIpc) is 3.05. The Balaban J connectivity index is 1.73. The van der Waals surface area contributed by atoms with Gasteiger partial charge in [0.15, 0.2) is 0 Å². The summed E-state index contributed by atoms with van der Waals surface area (Å²) in [6.45, 7) is 18.1. The summed E-state index contributed by atoms with van der Waals surface area (Å²) >= 11 is 0. The molecule has 2 heteroatoms. The van der Waals surface area contributed by atoms with Crippen LogP contribution < -0.4 is 0 Å². The first-order valence-electron chi connectivity index (χ1n) is 12.5. The minimum atomic E-state index is -0.607. The molecule has 0 amide bonds. The van der Waals surface area contributed by atoms with Crippen molar-refractivity contribution in [3.05, 3.63) is 47.6 Å². The summed E-state index contributed by atoms with van der Waals surface area (Å²) in [7, 11) is 0. The van der Waals surface area contributed by atoms with Crippen molar-refractivity contribution in [1.29, 1.82) is 0 Å². The van der Waals surface area contributed by atoms with E-state index in [1.807, 2.05) is 0 Å². The molecule has 7 atom stereocenters. The summed E-state index contributed by atoms with van der Waals surface area (Å²) in [5.41, 5.74) is 4.01. The molecular weight excluding hydrogens is 380 g/mol. The van der Waals surface area contributed by atoms with E-state index in [0.717, 1.165) is 11.5 Å². The van der Waals surface area contributed by atoms with Crippen LogP contribution in [0.15, 0.2) is 47.6 Å². The van der Waals surface area contributed by atoms with Crippen LogP contribution in [0.4, 0.5) is 0 Å². The fourth-order valence-electron chi connectivity index (χ4n) is 6.33. The standard InChI is InChI=1S/C29H46O2/c1-19(10-11-20(2)28(4,5)6)24-14-15-25-23(9-8-16-29(24,25)7)13-12-22-17-26(30)21(3)27(31)18-22/h10-13,19-20,24-27,30-31H,3,8-9,14-18H2,1-2,4-7H3/b11-10+,23-13+/t19-,20-,24-,25+,26-,27-,29-/m1/s1. The van der Waals surface area contributed by atoms with Crippen molar-refractivity contribution < 1.29 is 10.2 Å². The molecule has 3 aliphatic carbocycles. The van der Waals surface area contributed by atoms with E-state index >= 15 is 0 Å². The molecule has 0 bridgehead atoms. The topological polar surface area (TPSA) is 40.5 Å². The van der Waals surface area contributed by atoms with Gasteiger partial charge in [-0.25, -0.2) is 0 Å². The van der Waals surface area contributed by atoms with Gasteiger partial charge in [-0.1, -0.05) is 83.6 Å². The molecule has 0 aromatic rings. The molecule has 3 aliphatic rings. The number of fused-ring (bicyclic) bond motifs is 1. The molecule has 2 N–H and O–H groups in total. The van der Waals surface area contributed by atoms with Crippen molar-refractivity contribution in [2.45, 2.75) is 98.7 Å². The van der Waals surface area contributed by atoms with Gasteiger partial charge in [-0.2, -0.15) is 0 Å². The Labute approximate surface area is 191 Å². The van der Waals surface area contributed by atoms with Crippen LogP contribution in [0.5, 0.6) is 0 Å². The van der Waals surface area contributed by atoms with Crippen molar-refractivity contribution in [2.75, 3.05) is 0 Å². The highest BCUT2D eigenvalue weighted by Crippen LogP contribution is 2.59. The third-order valence-corrected chi connectivity index (χ3v) is 9.04. The second kappa shape index (κ2) is 9.40. The predicted octanol–water partition coefficient (Wildman–Crippen LogP) is 7.00. The maximum absolute atomic E-state index is 10.2. The summed E-state index contributed by atoms with van der Waals surface area (Å²) in [4.78, 5) is 0. The highest BCUT2D eigenvalue weighted by molar-refractivity contribution is 5.29. The first kappa shape index (κ1) is 24.5. The average molecular weight is 427 g/mol.